The fourth-order valence-electron chi connectivity index (χ4n) is 3.69. The van der Waals surface area contributed by atoms with E-state index in [1.165, 1.54) is 28.1 Å². The smallest absolute Gasteiger partial charge is 0.230 e. The summed E-state index contributed by atoms with van der Waals surface area (Å²) in [4.78, 5) is 14.6. The van der Waals surface area contributed by atoms with Gasteiger partial charge in [-0.25, -0.2) is 0 Å². The summed E-state index contributed by atoms with van der Waals surface area (Å²) in [5.74, 6) is 0.870. The van der Waals surface area contributed by atoms with Gasteiger partial charge in [0.2, 0.25) is 5.91 Å². The average Bonchev–Trinajstić information content (AvgIpc) is 3.42. The molecular formula is C23H35N3O. The molecule has 3 rings (SSSR count). The molecule has 4 heteroatoms. The third-order valence-corrected chi connectivity index (χ3v) is 6.44. The summed E-state index contributed by atoms with van der Waals surface area (Å²) in [5, 5.41) is 6.85. The van der Waals surface area contributed by atoms with E-state index in [-0.39, 0.29) is 5.92 Å². The van der Waals surface area contributed by atoms with Gasteiger partial charge in [0.15, 0.2) is 0 Å². The average molecular weight is 370 g/mol. The number of carbonyl (C=O) groups is 1. The second kappa shape index (κ2) is 8.47. The van der Waals surface area contributed by atoms with Crippen molar-refractivity contribution in [2.75, 3.05) is 25.0 Å². The SMILES string of the molecule is CCC(C)C(C)C(=O)N1CC1=C(C)CCc1ccc(NC2CNC2)cc1C. The Hall–Kier alpha value is -1.81. The molecule has 27 heavy (non-hydrogen) atoms. The predicted octanol–water partition coefficient (Wildman–Crippen LogP) is 4.11. The summed E-state index contributed by atoms with van der Waals surface area (Å²) >= 11 is 0. The van der Waals surface area contributed by atoms with Gasteiger partial charge in [-0.3, -0.25) is 4.79 Å². The van der Waals surface area contributed by atoms with Crippen LogP contribution in [0.5, 0.6) is 0 Å². The van der Waals surface area contributed by atoms with Gasteiger partial charge < -0.3 is 15.5 Å². The van der Waals surface area contributed by atoms with Crippen molar-refractivity contribution in [3.8, 4) is 0 Å². The zero-order valence-electron chi connectivity index (χ0n) is 17.6. The quantitative estimate of drug-likeness (QED) is 0.678. The summed E-state index contributed by atoms with van der Waals surface area (Å²) in [6.07, 6.45) is 3.12. The van der Waals surface area contributed by atoms with Gasteiger partial charge in [0.1, 0.15) is 0 Å². The first-order valence-corrected chi connectivity index (χ1v) is 10.5. The first-order chi connectivity index (χ1) is 12.9. The van der Waals surface area contributed by atoms with Crippen LogP contribution in [0.2, 0.25) is 0 Å². The number of amides is 1. The number of aryl methyl sites for hydroxylation is 2. The number of rotatable bonds is 8. The van der Waals surface area contributed by atoms with Crippen LogP contribution in [0.4, 0.5) is 5.69 Å². The Labute approximate surface area is 164 Å². The van der Waals surface area contributed by atoms with Crippen LogP contribution in [0.1, 0.15) is 51.7 Å². The number of allylic oxidation sites excluding steroid dienone is 1. The van der Waals surface area contributed by atoms with E-state index < -0.39 is 0 Å². The van der Waals surface area contributed by atoms with Crippen LogP contribution in [-0.4, -0.2) is 36.5 Å². The van der Waals surface area contributed by atoms with Crippen molar-refractivity contribution < 1.29 is 4.79 Å². The molecule has 2 N–H and O–H groups in total. The van der Waals surface area contributed by atoms with Crippen LogP contribution in [0.15, 0.2) is 29.5 Å². The molecular weight excluding hydrogens is 334 g/mol. The first kappa shape index (κ1) is 19.9. The van der Waals surface area contributed by atoms with Crippen molar-refractivity contribution in [2.24, 2.45) is 11.8 Å². The molecule has 2 unspecified atom stereocenters. The molecule has 1 aromatic carbocycles. The Bertz CT molecular complexity index is 720. The maximum absolute atomic E-state index is 12.6. The number of carbonyl (C=O) groups excluding carboxylic acids is 1. The molecule has 2 atom stereocenters. The second-order valence-corrected chi connectivity index (χ2v) is 8.47. The largest absolute Gasteiger partial charge is 0.380 e. The van der Waals surface area contributed by atoms with Gasteiger partial charge in [0.25, 0.3) is 0 Å². The van der Waals surface area contributed by atoms with Crippen molar-refractivity contribution >= 4 is 11.6 Å². The van der Waals surface area contributed by atoms with Crippen molar-refractivity contribution in [3.63, 3.8) is 0 Å². The molecule has 2 heterocycles. The topological polar surface area (TPSA) is 44.1 Å². The third kappa shape index (κ3) is 4.73. The normalized spacial score (nSPS) is 20.7. The maximum Gasteiger partial charge on any atom is 0.230 e. The Morgan fingerprint density at radius 2 is 2.07 bits per heavy atom. The molecule has 0 saturated carbocycles. The van der Waals surface area contributed by atoms with Gasteiger partial charge in [0.05, 0.1) is 12.6 Å². The Kier molecular flexibility index (Phi) is 6.25. The lowest BCUT2D eigenvalue weighted by Gasteiger charge is -2.29. The van der Waals surface area contributed by atoms with Gasteiger partial charge in [-0.05, 0) is 55.9 Å². The molecule has 0 aromatic heterocycles. The number of hydrogen-bond donors (Lipinski definition) is 2. The fourth-order valence-corrected chi connectivity index (χ4v) is 3.69. The highest BCUT2D eigenvalue weighted by molar-refractivity contribution is 5.84. The van der Waals surface area contributed by atoms with Crippen molar-refractivity contribution in [1.82, 2.24) is 10.2 Å². The monoisotopic (exact) mass is 369 g/mol. The van der Waals surface area contributed by atoms with Crippen LogP contribution in [0, 0.1) is 18.8 Å². The Balaban J connectivity index is 1.54. The van der Waals surface area contributed by atoms with E-state index in [1.54, 1.807) is 0 Å². The minimum atomic E-state index is 0.119. The summed E-state index contributed by atoms with van der Waals surface area (Å²) in [6, 6.07) is 7.28. The van der Waals surface area contributed by atoms with Crippen LogP contribution < -0.4 is 10.6 Å². The van der Waals surface area contributed by atoms with Gasteiger partial charge >= 0.3 is 0 Å². The standard InChI is InChI=1S/C23H35N3O/c1-6-15(2)18(5)23(27)26-14-22(26)16(3)7-8-19-9-10-20(11-17(19)4)25-21-12-24-13-21/h9-11,15,18,21,24-25H,6-8,12-14H2,1-5H3. The molecule has 0 spiro atoms. The lowest BCUT2D eigenvalue weighted by molar-refractivity contribution is -0.130. The highest BCUT2D eigenvalue weighted by Crippen LogP contribution is 2.32. The lowest BCUT2D eigenvalue weighted by Crippen LogP contribution is -2.51. The molecule has 0 bridgehead atoms. The zero-order chi connectivity index (χ0) is 19.6. The van der Waals surface area contributed by atoms with Crippen molar-refractivity contribution in [1.29, 1.82) is 0 Å². The minimum Gasteiger partial charge on any atom is -0.380 e. The van der Waals surface area contributed by atoms with Gasteiger partial charge in [0, 0.05) is 30.4 Å². The molecule has 2 aliphatic heterocycles. The van der Waals surface area contributed by atoms with E-state index in [9.17, 15) is 4.79 Å². The van der Waals surface area contributed by atoms with E-state index in [4.69, 9.17) is 0 Å². The summed E-state index contributed by atoms with van der Waals surface area (Å²) in [5.41, 5.74) is 6.58. The summed E-state index contributed by atoms with van der Waals surface area (Å²) < 4.78 is 0. The van der Waals surface area contributed by atoms with Crippen LogP contribution in [-0.2, 0) is 11.2 Å². The molecule has 2 fully saturated rings. The number of nitrogens with one attached hydrogen (secondary N) is 2. The van der Waals surface area contributed by atoms with Gasteiger partial charge in [-0.15, -0.1) is 0 Å². The third-order valence-electron chi connectivity index (χ3n) is 6.44. The number of nitrogens with zero attached hydrogens (tertiary/aromatic N) is 1. The maximum atomic E-state index is 12.6. The minimum absolute atomic E-state index is 0.119. The lowest BCUT2D eigenvalue weighted by atomic mass is 9.93. The van der Waals surface area contributed by atoms with Crippen LogP contribution in [0.25, 0.3) is 0 Å². The van der Waals surface area contributed by atoms with E-state index in [1.807, 2.05) is 4.90 Å². The van der Waals surface area contributed by atoms with Crippen molar-refractivity contribution in [2.45, 2.75) is 59.9 Å². The van der Waals surface area contributed by atoms with Gasteiger partial charge in [-0.2, -0.15) is 0 Å². The van der Waals surface area contributed by atoms with E-state index in [0.717, 1.165) is 38.9 Å². The number of hydrogen-bond acceptors (Lipinski definition) is 3. The number of anilines is 1. The van der Waals surface area contributed by atoms with E-state index >= 15 is 0 Å². The molecule has 148 valence electrons. The highest BCUT2D eigenvalue weighted by atomic mass is 16.2. The molecule has 2 aliphatic rings. The van der Waals surface area contributed by atoms with Crippen LogP contribution >= 0.6 is 0 Å². The molecule has 4 nitrogen and oxygen atoms in total. The molecule has 0 radical (unpaired) electrons. The molecule has 0 aliphatic carbocycles. The predicted molar refractivity (Wildman–Crippen MR) is 113 cm³/mol. The highest BCUT2D eigenvalue weighted by Gasteiger charge is 2.37. The first-order valence-electron chi connectivity index (χ1n) is 10.5. The summed E-state index contributed by atoms with van der Waals surface area (Å²) in [6.45, 7) is 13.7. The molecule has 2 saturated heterocycles. The van der Waals surface area contributed by atoms with E-state index in [2.05, 4.69) is 63.5 Å². The second-order valence-electron chi connectivity index (χ2n) is 8.47. The summed E-state index contributed by atoms with van der Waals surface area (Å²) in [7, 11) is 0. The van der Waals surface area contributed by atoms with Crippen LogP contribution in [0.3, 0.4) is 0 Å². The Morgan fingerprint density at radius 1 is 1.33 bits per heavy atom. The zero-order valence-corrected chi connectivity index (χ0v) is 17.6. The fraction of sp³-hybridized carbons (Fsp3) is 0.609. The Morgan fingerprint density at radius 3 is 2.67 bits per heavy atom. The number of benzene rings is 1. The van der Waals surface area contributed by atoms with Gasteiger partial charge in [-0.1, -0.05) is 38.8 Å². The van der Waals surface area contributed by atoms with Crippen molar-refractivity contribution in [3.05, 3.63) is 40.6 Å². The molecule has 1 amide bonds. The van der Waals surface area contributed by atoms with E-state index in [0.29, 0.717) is 17.9 Å². The molecule has 1 aromatic rings.